The first kappa shape index (κ1) is 19.4. The minimum absolute atomic E-state index is 0.0791. The van der Waals surface area contributed by atoms with Crippen LogP contribution >= 0.6 is 11.6 Å². The molecule has 0 spiro atoms. The Morgan fingerprint density at radius 1 is 1.19 bits per heavy atom. The molecule has 27 heavy (non-hydrogen) atoms. The molecule has 3 rings (SSSR count). The monoisotopic (exact) mass is 390 g/mol. The van der Waals surface area contributed by atoms with Crippen molar-refractivity contribution in [3.05, 3.63) is 29.0 Å². The predicted molar refractivity (Wildman–Crippen MR) is 104 cm³/mol. The topological polar surface area (TPSA) is 86.6 Å². The highest BCUT2D eigenvalue weighted by Crippen LogP contribution is 2.27. The van der Waals surface area contributed by atoms with Gasteiger partial charge in [-0.2, -0.15) is 4.98 Å². The van der Waals surface area contributed by atoms with Gasteiger partial charge in [-0.1, -0.05) is 13.8 Å². The molecule has 1 aromatic carbocycles. The van der Waals surface area contributed by atoms with Crippen LogP contribution in [0.2, 0.25) is 5.28 Å². The van der Waals surface area contributed by atoms with E-state index in [0.717, 1.165) is 11.8 Å². The molecule has 144 valence electrons. The number of amides is 1. The van der Waals surface area contributed by atoms with Crippen LogP contribution in [-0.4, -0.2) is 58.0 Å². The molecule has 1 aromatic heterocycles. The number of carbonyl (C=O) groups is 2. The standard InChI is InChI=1S/C19H23ClN4O3/c1-12(2)3-6-16(25)23-7-9-24(10-8-23)17-14-5-4-13(18(26)27)11-15(14)21-19(20)22-17/h4-5,11-12H,3,6-10H2,1-2H3,(H,26,27). The lowest BCUT2D eigenvalue weighted by molar-refractivity contribution is -0.131. The molecule has 0 atom stereocenters. The number of aromatic carboxylic acids is 1. The molecule has 0 radical (unpaired) electrons. The van der Waals surface area contributed by atoms with E-state index in [0.29, 0.717) is 49.9 Å². The van der Waals surface area contributed by atoms with Crippen LogP contribution in [0.25, 0.3) is 10.9 Å². The van der Waals surface area contributed by atoms with Gasteiger partial charge in [-0.05, 0) is 42.1 Å². The van der Waals surface area contributed by atoms with E-state index in [-0.39, 0.29) is 16.8 Å². The van der Waals surface area contributed by atoms with Crippen LogP contribution in [0.1, 0.15) is 37.0 Å². The van der Waals surface area contributed by atoms with Gasteiger partial charge in [-0.15, -0.1) is 0 Å². The zero-order valence-corrected chi connectivity index (χ0v) is 16.2. The third kappa shape index (κ3) is 4.47. The van der Waals surface area contributed by atoms with Crippen LogP contribution in [0.4, 0.5) is 5.82 Å². The summed E-state index contributed by atoms with van der Waals surface area (Å²) in [5, 5.41) is 10.00. The Morgan fingerprint density at radius 3 is 2.52 bits per heavy atom. The van der Waals surface area contributed by atoms with Gasteiger partial charge in [0.1, 0.15) is 5.82 Å². The SMILES string of the molecule is CC(C)CCC(=O)N1CCN(c2nc(Cl)nc3cc(C(=O)O)ccc23)CC1. The molecule has 2 heterocycles. The van der Waals surface area contributed by atoms with Crippen molar-refractivity contribution in [1.82, 2.24) is 14.9 Å². The van der Waals surface area contributed by atoms with Crippen molar-refractivity contribution >= 4 is 40.2 Å². The highest BCUT2D eigenvalue weighted by molar-refractivity contribution is 6.28. The smallest absolute Gasteiger partial charge is 0.335 e. The van der Waals surface area contributed by atoms with Crippen molar-refractivity contribution in [1.29, 1.82) is 0 Å². The van der Waals surface area contributed by atoms with Gasteiger partial charge in [0.05, 0.1) is 11.1 Å². The van der Waals surface area contributed by atoms with E-state index < -0.39 is 5.97 Å². The predicted octanol–water partition coefficient (Wildman–Crippen LogP) is 3.07. The first-order valence-corrected chi connectivity index (χ1v) is 9.46. The first-order chi connectivity index (χ1) is 12.8. The quantitative estimate of drug-likeness (QED) is 0.789. The molecule has 1 N–H and O–H groups in total. The molecule has 0 aliphatic carbocycles. The van der Waals surface area contributed by atoms with Gasteiger partial charge in [0.25, 0.3) is 0 Å². The lowest BCUT2D eigenvalue weighted by atomic mass is 10.1. The molecule has 1 saturated heterocycles. The molecule has 2 aromatic rings. The lowest BCUT2D eigenvalue weighted by Crippen LogP contribution is -2.49. The second kappa shape index (κ2) is 8.08. The van der Waals surface area contributed by atoms with E-state index in [4.69, 9.17) is 16.7 Å². The van der Waals surface area contributed by atoms with Gasteiger partial charge in [0.2, 0.25) is 11.2 Å². The molecule has 1 amide bonds. The van der Waals surface area contributed by atoms with Crippen molar-refractivity contribution in [2.45, 2.75) is 26.7 Å². The third-order valence-electron chi connectivity index (χ3n) is 4.76. The van der Waals surface area contributed by atoms with Gasteiger partial charge in [-0.3, -0.25) is 4.79 Å². The van der Waals surface area contributed by atoms with E-state index in [1.807, 2.05) is 4.90 Å². The summed E-state index contributed by atoms with van der Waals surface area (Å²) in [6.45, 7) is 6.80. The normalized spacial score (nSPS) is 14.8. The van der Waals surface area contributed by atoms with E-state index in [1.165, 1.54) is 12.1 Å². The number of carboxylic acid groups (broad SMARTS) is 1. The Labute approximate surface area is 163 Å². The minimum Gasteiger partial charge on any atom is -0.478 e. The first-order valence-electron chi connectivity index (χ1n) is 9.08. The average Bonchev–Trinajstić information content (AvgIpc) is 2.64. The number of aromatic nitrogens is 2. The van der Waals surface area contributed by atoms with Crippen molar-refractivity contribution < 1.29 is 14.7 Å². The molecule has 0 unspecified atom stereocenters. The zero-order chi connectivity index (χ0) is 19.6. The fraction of sp³-hybridized carbons (Fsp3) is 0.474. The van der Waals surface area contributed by atoms with Gasteiger partial charge >= 0.3 is 5.97 Å². The molecule has 7 nitrogen and oxygen atoms in total. The van der Waals surface area contributed by atoms with Gasteiger partial charge in [0.15, 0.2) is 0 Å². The third-order valence-corrected chi connectivity index (χ3v) is 4.93. The summed E-state index contributed by atoms with van der Waals surface area (Å²) in [6, 6.07) is 4.75. The van der Waals surface area contributed by atoms with Gasteiger partial charge in [-0.25, -0.2) is 9.78 Å². The number of benzene rings is 1. The van der Waals surface area contributed by atoms with E-state index in [9.17, 15) is 9.59 Å². The largest absolute Gasteiger partial charge is 0.478 e. The number of hydrogen-bond donors (Lipinski definition) is 1. The van der Waals surface area contributed by atoms with E-state index in [1.54, 1.807) is 6.07 Å². The number of anilines is 1. The van der Waals surface area contributed by atoms with Crippen molar-refractivity contribution in [2.75, 3.05) is 31.1 Å². The van der Waals surface area contributed by atoms with E-state index >= 15 is 0 Å². The molecule has 1 aliphatic heterocycles. The summed E-state index contributed by atoms with van der Waals surface area (Å²) < 4.78 is 0. The van der Waals surface area contributed by atoms with Gasteiger partial charge in [0, 0.05) is 38.0 Å². The maximum Gasteiger partial charge on any atom is 0.335 e. The van der Waals surface area contributed by atoms with Crippen molar-refractivity contribution in [2.24, 2.45) is 5.92 Å². The van der Waals surface area contributed by atoms with Crippen LogP contribution in [-0.2, 0) is 4.79 Å². The lowest BCUT2D eigenvalue weighted by Gasteiger charge is -2.36. The van der Waals surface area contributed by atoms with Crippen LogP contribution in [0, 0.1) is 5.92 Å². The fourth-order valence-corrected chi connectivity index (χ4v) is 3.37. The molecular weight excluding hydrogens is 368 g/mol. The Hall–Kier alpha value is -2.41. The second-order valence-electron chi connectivity index (χ2n) is 7.15. The number of halogens is 1. The second-order valence-corrected chi connectivity index (χ2v) is 7.49. The summed E-state index contributed by atoms with van der Waals surface area (Å²) >= 11 is 6.06. The molecule has 8 heteroatoms. The molecule has 0 bridgehead atoms. The Bertz CT molecular complexity index is 863. The van der Waals surface area contributed by atoms with Crippen LogP contribution in [0.3, 0.4) is 0 Å². The van der Waals surface area contributed by atoms with Gasteiger partial charge < -0.3 is 14.9 Å². The van der Waals surface area contributed by atoms with Crippen molar-refractivity contribution in [3.8, 4) is 0 Å². The number of rotatable bonds is 5. The molecule has 0 saturated carbocycles. The number of piperazine rings is 1. The molecular formula is C19H23ClN4O3. The Kier molecular flexibility index (Phi) is 5.79. The minimum atomic E-state index is -1.01. The summed E-state index contributed by atoms with van der Waals surface area (Å²) in [5.74, 6) is 0.374. The summed E-state index contributed by atoms with van der Waals surface area (Å²) in [5.41, 5.74) is 0.657. The Morgan fingerprint density at radius 2 is 1.89 bits per heavy atom. The maximum absolute atomic E-state index is 12.3. The summed E-state index contributed by atoms with van der Waals surface area (Å²) in [7, 11) is 0. The number of carboxylic acids is 1. The maximum atomic E-state index is 12.3. The number of nitrogens with zero attached hydrogens (tertiary/aromatic N) is 4. The van der Waals surface area contributed by atoms with Crippen LogP contribution in [0.5, 0.6) is 0 Å². The number of fused-ring (bicyclic) bond motifs is 1. The summed E-state index contributed by atoms with van der Waals surface area (Å²) in [4.78, 5) is 36.0. The fourth-order valence-electron chi connectivity index (χ4n) is 3.20. The average molecular weight is 391 g/mol. The Balaban J connectivity index is 1.77. The van der Waals surface area contributed by atoms with E-state index in [2.05, 4.69) is 28.7 Å². The zero-order valence-electron chi connectivity index (χ0n) is 15.5. The highest BCUT2D eigenvalue weighted by atomic mass is 35.5. The molecule has 1 fully saturated rings. The van der Waals surface area contributed by atoms with Crippen LogP contribution in [0.15, 0.2) is 18.2 Å². The number of carbonyl (C=O) groups excluding carboxylic acids is 1. The van der Waals surface area contributed by atoms with Crippen molar-refractivity contribution in [3.63, 3.8) is 0 Å². The highest BCUT2D eigenvalue weighted by Gasteiger charge is 2.24. The molecule has 1 aliphatic rings. The summed E-state index contributed by atoms with van der Waals surface area (Å²) in [6.07, 6.45) is 1.48. The van der Waals surface area contributed by atoms with Crippen LogP contribution < -0.4 is 4.90 Å². The number of hydrogen-bond acceptors (Lipinski definition) is 5.